The monoisotopic (exact) mass is 252 g/mol. The molecule has 0 bridgehead atoms. The molecular weight excluding hydrogens is 245 g/mol. The van der Waals surface area contributed by atoms with Gasteiger partial charge in [0.25, 0.3) is 0 Å². The van der Waals surface area contributed by atoms with Crippen LogP contribution < -0.4 is 5.84 Å². The summed E-state index contributed by atoms with van der Waals surface area (Å²) >= 11 is 5.62. The highest BCUT2D eigenvalue weighted by Gasteiger charge is 2.24. The van der Waals surface area contributed by atoms with Gasteiger partial charge in [-0.3, -0.25) is 4.79 Å². The maximum absolute atomic E-state index is 10.4. The molecule has 0 aromatic heterocycles. The van der Waals surface area contributed by atoms with Crippen LogP contribution in [0.1, 0.15) is 5.56 Å². The van der Waals surface area contributed by atoms with Crippen molar-refractivity contribution in [2.75, 3.05) is 0 Å². The molecule has 0 heterocycles. The number of nitrogens with two attached hydrogens (primary N) is 1. The second-order valence-electron chi connectivity index (χ2n) is 2.45. The Morgan fingerprint density at radius 1 is 1.31 bits per heavy atom. The fourth-order valence-corrected chi connectivity index (χ4v) is 0.776. The van der Waals surface area contributed by atoms with Crippen molar-refractivity contribution >= 4 is 23.1 Å². The molecule has 7 heteroatoms. The fraction of sp³-hybridized carbons (Fsp3) is 0.111. The minimum Gasteiger partial charge on any atom is -0.322 e. The molecule has 0 aliphatic heterocycles. The number of hydrazone groups is 1. The third-order valence-corrected chi connectivity index (χ3v) is 1.57. The van der Waals surface area contributed by atoms with Crippen molar-refractivity contribution in [1.29, 1.82) is 0 Å². The van der Waals surface area contributed by atoms with Crippen molar-refractivity contribution in [2.45, 2.75) is 6.18 Å². The van der Waals surface area contributed by atoms with Crippen LogP contribution in [0, 0.1) is 0 Å². The number of carbonyl (C=O) groups is 1. The van der Waals surface area contributed by atoms with Crippen LogP contribution in [0.5, 0.6) is 0 Å². The van der Waals surface area contributed by atoms with Crippen molar-refractivity contribution < 1.29 is 18.0 Å². The topological polar surface area (TPSA) is 55.4 Å². The summed E-state index contributed by atoms with van der Waals surface area (Å²) in [5.74, 6) is 4.96. The van der Waals surface area contributed by atoms with Crippen LogP contribution in [-0.2, 0) is 4.79 Å². The maximum atomic E-state index is 10.4. The molecule has 1 aromatic carbocycles. The Labute approximate surface area is 94.7 Å². The highest BCUT2D eigenvalue weighted by molar-refractivity contribution is 6.69. The average Bonchev–Trinajstić information content (AvgIpc) is 2.29. The van der Waals surface area contributed by atoms with Crippen LogP contribution in [-0.4, -0.2) is 17.6 Å². The van der Waals surface area contributed by atoms with E-state index in [-0.39, 0.29) is 0 Å². The molecule has 0 radical (unpaired) electrons. The Morgan fingerprint density at radius 3 is 2.06 bits per heavy atom. The molecule has 0 saturated heterocycles. The molecule has 0 atom stereocenters. The number of hydrogen-bond donors (Lipinski definition) is 1. The number of carbonyl (C=O) groups excluding carboxylic acids is 1. The van der Waals surface area contributed by atoms with Crippen LogP contribution in [0.25, 0.3) is 0 Å². The highest BCUT2D eigenvalue weighted by Crippen LogP contribution is 2.08. The van der Waals surface area contributed by atoms with Gasteiger partial charge in [0.2, 0.25) is 6.29 Å². The predicted molar refractivity (Wildman–Crippen MR) is 55.1 cm³/mol. The van der Waals surface area contributed by atoms with Gasteiger partial charge in [-0.1, -0.05) is 41.9 Å². The Hall–Kier alpha value is -1.56. The number of benzene rings is 1. The van der Waals surface area contributed by atoms with Gasteiger partial charge in [0.1, 0.15) is 0 Å². The first-order valence-corrected chi connectivity index (χ1v) is 4.30. The van der Waals surface area contributed by atoms with Gasteiger partial charge in [0.15, 0.2) is 5.17 Å². The average molecular weight is 253 g/mol. The first-order chi connectivity index (χ1) is 7.40. The SMILES string of the molecule is NN=C(Cl)c1ccccc1.O=CC(F)(F)F. The van der Waals surface area contributed by atoms with E-state index in [0.29, 0.717) is 5.17 Å². The van der Waals surface area contributed by atoms with Crippen LogP contribution in [0.2, 0.25) is 0 Å². The Morgan fingerprint density at radius 2 is 1.75 bits per heavy atom. The van der Waals surface area contributed by atoms with E-state index in [2.05, 4.69) is 5.10 Å². The van der Waals surface area contributed by atoms with Crippen LogP contribution in [0.15, 0.2) is 35.4 Å². The molecule has 0 fully saturated rings. The second-order valence-corrected chi connectivity index (χ2v) is 2.80. The summed E-state index contributed by atoms with van der Waals surface area (Å²) in [5.41, 5.74) is 0.840. The smallest absolute Gasteiger partial charge is 0.322 e. The lowest BCUT2D eigenvalue weighted by Gasteiger charge is -1.92. The molecule has 0 spiro atoms. The zero-order valence-corrected chi connectivity index (χ0v) is 8.66. The molecule has 0 aliphatic carbocycles. The maximum Gasteiger partial charge on any atom is 0.446 e. The minimum absolute atomic E-state index is 0.334. The zero-order valence-electron chi connectivity index (χ0n) is 7.91. The van der Waals surface area contributed by atoms with E-state index in [9.17, 15) is 13.2 Å². The summed E-state index contributed by atoms with van der Waals surface area (Å²) < 4.78 is 31.2. The predicted octanol–water partition coefficient (Wildman–Crippen LogP) is 2.29. The summed E-state index contributed by atoms with van der Waals surface area (Å²) in [6, 6.07) is 9.35. The number of nitrogens with zero attached hydrogens (tertiary/aromatic N) is 1. The van der Waals surface area contributed by atoms with E-state index in [1.165, 1.54) is 0 Å². The fourth-order valence-electron chi connectivity index (χ4n) is 0.650. The minimum atomic E-state index is -4.64. The Bertz CT molecular complexity index is 352. The van der Waals surface area contributed by atoms with Gasteiger partial charge in [-0.25, -0.2) is 0 Å². The van der Waals surface area contributed by atoms with Crippen molar-refractivity contribution in [2.24, 2.45) is 10.9 Å². The van der Waals surface area contributed by atoms with Crippen molar-refractivity contribution in [3.63, 3.8) is 0 Å². The van der Waals surface area contributed by atoms with Crippen molar-refractivity contribution in [3.8, 4) is 0 Å². The van der Waals surface area contributed by atoms with Gasteiger partial charge in [-0.15, -0.1) is 0 Å². The van der Waals surface area contributed by atoms with Gasteiger partial charge in [-0.05, 0) is 0 Å². The summed E-state index contributed by atoms with van der Waals surface area (Å²) in [6.07, 6.45) is -5.70. The summed E-state index contributed by atoms with van der Waals surface area (Å²) in [5, 5.41) is 3.67. The highest BCUT2D eigenvalue weighted by atomic mass is 35.5. The van der Waals surface area contributed by atoms with E-state index in [1.807, 2.05) is 30.3 Å². The molecule has 0 amide bonds. The summed E-state index contributed by atoms with van der Waals surface area (Å²) in [6.45, 7) is 0. The van der Waals surface area contributed by atoms with Crippen molar-refractivity contribution in [3.05, 3.63) is 35.9 Å². The third-order valence-electron chi connectivity index (χ3n) is 1.26. The van der Waals surface area contributed by atoms with Crippen LogP contribution in [0.4, 0.5) is 13.2 Å². The molecule has 0 saturated carbocycles. The molecule has 1 rings (SSSR count). The molecule has 3 nitrogen and oxygen atoms in total. The standard InChI is InChI=1S/C7H7ClN2.C2HF3O/c8-7(10-9)6-4-2-1-3-5-6;3-2(4,5)1-6/h1-5H,9H2;1H. The molecule has 1 aromatic rings. The number of alkyl halides is 3. The van der Waals surface area contributed by atoms with Crippen LogP contribution >= 0.6 is 11.6 Å². The van der Waals surface area contributed by atoms with E-state index in [1.54, 1.807) is 0 Å². The van der Waals surface area contributed by atoms with E-state index >= 15 is 0 Å². The lowest BCUT2D eigenvalue weighted by Crippen LogP contribution is -2.07. The molecule has 16 heavy (non-hydrogen) atoms. The van der Waals surface area contributed by atoms with Gasteiger partial charge >= 0.3 is 6.18 Å². The van der Waals surface area contributed by atoms with Gasteiger partial charge in [0, 0.05) is 5.56 Å². The zero-order chi connectivity index (χ0) is 12.6. The number of aldehydes is 1. The largest absolute Gasteiger partial charge is 0.446 e. The first-order valence-electron chi connectivity index (χ1n) is 3.92. The molecule has 0 aliphatic rings. The van der Waals surface area contributed by atoms with E-state index in [0.717, 1.165) is 5.56 Å². The lowest BCUT2D eigenvalue weighted by atomic mass is 10.2. The molecule has 2 N–H and O–H groups in total. The quantitative estimate of drug-likeness (QED) is 0.361. The molecule has 88 valence electrons. The number of hydrogen-bond acceptors (Lipinski definition) is 3. The Kier molecular flexibility index (Phi) is 6.17. The third kappa shape index (κ3) is 6.83. The first kappa shape index (κ1) is 14.4. The second kappa shape index (κ2) is 6.84. The number of rotatable bonds is 1. The lowest BCUT2D eigenvalue weighted by molar-refractivity contribution is -0.156. The molecular formula is C9H8ClF3N2O. The van der Waals surface area contributed by atoms with E-state index in [4.69, 9.17) is 22.2 Å². The summed E-state index contributed by atoms with van der Waals surface area (Å²) in [4.78, 5) is 8.70. The van der Waals surface area contributed by atoms with Gasteiger partial charge < -0.3 is 5.84 Å². The van der Waals surface area contributed by atoms with E-state index < -0.39 is 12.5 Å². The normalized spacial score (nSPS) is 11.4. The van der Waals surface area contributed by atoms with Gasteiger partial charge in [-0.2, -0.15) is 18.3 Å². The van der Waals surface area contributed by atoms with Crippen molar-refractivity contribution in [1.82, 2.24) is 0 Å². The van der Waals surface area contributed by atoms with Crippen LogP contribution in [0.3, 0.4) is 0 Å². The number of halogens is 4. The molecule has 0 unspecified atom stereocenters. The summed E-state index contributed by atoms with van der Waals surface area (Å²) in [7, 11) is 0. The van der Waals surface area contributed by atoms with Gasteiger partial charge in [0.05, 0.1) is 0 Å². The Balaban J connectivity index is 0.000000325.